The molecule has 1 saturated heterocycles. The van der Waals surface area contributed by atoms with Crippen molar-refractivity contribution in [2.24, 2.45) is 0 Å². The Hall–Kier alpha value is -1.14. The largest absolute Gasteiger partial charge is 0.469 e. The van der Waals surface area contributed by atoms with Gasteiger partial charge in [0.25, 0.3) is 0 Å². The number of ether oxygens (including phenoxy) is 3. The smallest absolute Gasteiger partial charge is 0.307 e. The molecule has 0 aliphatic carbocycles. The summed E-state index contributed by atoms with van der Waals surface area (Å²) in [5.41, 5.74) is 0. The number of hydrogen-bond donors (Lipinski definition) is 0. The van der Waals surface area contributed by atoms with E-state index in [-0.39, 0.29) is 24.4 Å². The highest BCUT2D eigenvalue weighted by atomic mass is 16.5. The lowest BCUT2D eigenvalue weighted by Crippen LogP contribution is -2.47. The summed E-state index contributed by atoms with van der Waals surface area (Å²) >= 11 is 0. The molecule has 98 valence electrons. The summed E-state index contributed by atoms with van der Waals surface area (Å²) in [5.74, 6) is -0.503. The molecule has 0 saturated carbocycles. The molecule has 1 aliphatic heterocycles. The van der Waals surface area contributed by atoms with Gasteiger partial charge in [-0.25, -0.2) is 0 Å². The molecule has 17 heavy (non-hydrogen) atoms. The minimum Gasteiger partial charge on any atom is -0.469 e. The molecule has 6 heteroatoms. The van der Waals surface area contributed by atoms with Crippen LogP contribution >= 0.6 is 0 Å². The predicted molar refractivity (Wildman–Crippen MR) is 59.4 cm³/mol. The van der Waals surface area contributed by atoms with Gasteiger partial charge in [0, 0.05) is 19.1 Å². The summed E-state index contributed by atoms with van der Waals surface area (Å²) in [7, 11) is 2.73. The molecule has 1 heterocycles. The number of methoxy groups -OCH3 is 2. The molecule has 1 aliphatic rings. The minimum absolute atomic E-state index is 0.0131. The van der Waals surface area contributed by atoms with E-state index in [1.165, 1.54) is 14.2 Å². The highest BCUT2D eigenvalue weighted by molar-refractivity contribution is 5.70. The van der Waals surface area contributed by atoms with E-state index in [9.17, 15) is 9.59 Å². The molecule has 1 atom stereocenters. The molecule has 0 N–H and O–H groups in total. The number of carbonyl (C=O) groups is 2. The van der Waals surface area contributed by atoms with E-state index in [1.807, 2.05) is 0 Å². The molecule has 0 bridgehead atoms. The summed E-state index contributed by atoms with van der Waals surface area (Å²) in [6, 6.07) is -0.0131. The molecular weight excluding hydrogens is 226 g/mol. The predicted octanol–water partition coefficient (Wildman–Crippen LogP) is -0.187. The maximum Gasteiger partial charge on any atom is 0.307 e. The van der Waals surface area contributed by atoms with Gasteiger partial charge in [-0.1, -0.05) is 0 Å². The van der Waals surface area contributed by atoms with Gasteiger partial charge in [-0.3, -0.25) is 14.5 Å². The average Bonchev–Trinajstić information content (AvgIpc) is 2.37. The van der Waals surface area contributed by atoms with Crippen LogP contribution in [0, 0.1) is 0 Å². The van der Waals surface area contributed by atoms with Crippen molar-refractivity contribution in [1.29, 1.82) is 0 Å². The molecule has 0 aromatic carbocycles. The summed E-state index contributed by atoms with van der Waals surface area (Å²) in [4.78, 5) is 24.4. The number of hydrogen-bond acceptors (Lipinski definition) is 6. The molecule has 6 nitrogen and oxygen atoms in total. The van der Waals surface area contributed by atoms with Crippen LogP contribution in [0.25, 0.3) is 0 Å². The molecular formula is C11H19NO5. The highest BCUT2D eigenvalue weighted by Gasteiger charge is 2.25. The van der Waals surface area contributed by atoms with Crippen LogP contribution in [0.3, 0.4) is 0 Å². The van der Waals surface area contributed by atoms with Gasteiger partial charge in [0.15, 0.2) is 0 Å². The first-order chi connectivity index (χ1) is 8.17. The van der Waals surface area contributed by atoms with Crippen LogP contribution in [0.5, 0.6) is 0 Å². The average molecular weight is 245 g/mol. The molecule has 0 spiro atoms. The fraction of sp³-hybridized carbons (Fsp3) is 0.818. The summed E-state index contributed by atoms with van der Waals surface area (Å²) < 4.78 is 14.6. The second-order valence-electron chi connectivity index (χ2n) is 3.87. The molecule has 1 unspecified atom stereocenters. The van der Waals surface area contributed by atoms with Gasteiger partial charge < -0.3 is 14.2 Å². The number of nitrogens with zero attached hydrogens (tertiary/aromatic N) is 1. The minimum atomic E-state index is -0.261. The Morgan fingerprint density at radius 2 is 2.00 bits per heavy atom. The SMILES string of the molecule is COC(=O)CCN1CCOCC1CC(=O)OC. The van der Waals surface area contributed by atoms with Crippen molar-refractivity contribution in [3.8, 4) is 0 Å². The third-order valence-corrected chi connectivity index (χ3v) is 2.81. The first-order valence-corrected chi connectivity index (χ1v) is 5.62. The Bertz CT molecular complexity index is 269. The van der Waals surface area contributed by atoms with E-state index in [1.54, 1.807) is 0 Å². The van der Waals surface area contributed by atoms with Crippen molar-refractivity contribution in [3.63, 3.8) is 0 Å². The first kappa shape index (κ1) is 13.9. The normalized spacial score (nSPS) is 20.9. The van der Waals surface area contributed by atoms with Crippen LogP contribution < -0.4 is 0 Å². The van der Waals surface area contributed by atoms with Crippen LogP contribution in [-0.2, 0) is 23.8 Å². The highest BCUT2D eigenvalue weighted by Crippen LogP contribution is 2.11. The van der Waals surface area contributed by atoms with Crippen LogP contribution in [0.15, 0.2) is 0 Å². The fourth-order valence-electron chi connectivity index (χ4n) is 1.78. The van der Waals surface area contributed by atoms with Gasteiger partial charge in [0.05, 0.1) is 40.3 Å². The topological polar surface area (TPSA) is 65.1 Å². The lowest BCUT2D eigenvalue weighted by molar-refractivity contribution is -0.144. The van der Waals surface area contributed by atoms with Crippen molar-refractivity contribution in [1.82, 2.24) is 4.90 Å². The van der Waals surface area contributed by atoms with E-state index in [0.717, 1.165) is 6.54 Å². The fourth-order valence-corrected chi connectivity index (χ4v) is 1.78. The first-order valence-electron chi connectivity index (χ1n) is 5.62. The van der Waals surface area contributed by atoms with E-state index in [0.29, 0.717) is 26.2 Å². The zero-order valence-electron chi connectivity index (χ0n) is 10.3. The van der Waals surface area contributed by atoms with Crippen LogP contribution in [0.1, 0.15) is 12.8 Å². The van der Waals surface area contributed by atoms with E-state index in [4.69, 9.17) is 4.74 Å². The number of carbonyl (C=O) groups excluding carboxylic acids is 2. The number of esters is 2. The maximum absolute atomic E-state index is 11.2. The lowest BCUT2D eigenvalue weighted by atomic mass is 10.1. The Labute approximate surface area is 101 Å². The molecule has 0 aromatic heterocycles. The number of morpholine rings is 1. The van der Waals surface area contributed by atoms with E-state index < -0.39 is 0 Å². The van der Waals surface area contributed by atoms with Gasteiger partial charge in [0.1, 0.15) is 0 Å². The zero-order valence-corrected chi connectivity index (χ0v) is 10.3. The molecule has 0 amide bonds. The van der Waals surface area contributed by atoms with Crippen molar-refractivity contribution >= 4 is 11.9 Å². The second-order valence-corrected chi connectivity index (χ2v) is 3.87. The summed E-state index contributed by atoms with van der Waals surface area (Å²) in [5, 5.41) is 0. The van der Waals surface area contributed by atoms with Crippen LogP contribution in [0.2, 0.25) is 0 Å². The quantitative estimate of drug-likeness (QED) is 0.626. The Balaban J connectivity index is 2.42. The maximum atomic E-state index is 11.2. The summed E-state index contributed by atoms with van der Waals surface area (Å²) in [6.07, 6.45) is 0.617. The van der Waals surface area contributed by atoms with Crippen molar-refractivity contribution in [3.05, 3.63) is 0 Å². The Morgan fingerprint density at radius 3 is 2.65 bits per heavy atom. The third kappa shape index (κ3) is 4.70. The second kappa shape index (κ2) is 7.24. The van der Waals surface area contributed by atoms with Gasteiger partial charge in [-0.15, -0.1) is 0 Å². The van der Waals surface area contributed by atoms with Crippen molar-refractivity contribution in [2.75, 3.05) is 40.5 Å². The van der Waals surface area contributed by atoms with E-state index >= 15 is 0 Å². The lowest BCUT2D eigenvalue weighted by Gasteiger charge is -2.34. The van der Waals surface area contributed by atoms with Gasteiger partial charge in [-0.2, -0.15) is 0 Å². The summed E-state index contributed by atoms with van der Waals surface area (Å²) in [6.45, 7) is 2.42. The number of rotatable bonds is 5. The Morgan fingerprint density at radius 1 is 1.29 bits per heavy atom. The van der Waals surface area contributed by atoms with Gasteiger partial charge in [-0.05, 0) is 0 Å². The molecule has 0 aromatic rings. The standard InChI is InChI=1S/C11H19NO5/c1-15-10(13)3-4-12-5-6-17-8-9(12)7-11(14)16-2/h9H,3-8H2,1-2H3. The molecule has 1 rings (SSSR count). The van der Waals surface area contributed by atoms with Crippen LogP contribution in [0.4, 0.5) is 0 Å². The van der Waals surface area contributed by atoms with Crippen molar-refractivity contribution in [2.45, 2.75) is 18.9 Å². The van der Waals surface area contributed by atoms with E-state index in [2.05, 4.69) is 14.4 Å². The van der Waals surface area contributed by atoms with Crippen LogP contribution in [-0.4, -0.2) is 63.4 Å². The molecule has 1 fully saturated rings. The van der Waals surface area contributed by atoms with Crippen molar-refractivity contribution < 1.29 is 23.8 Å². The molecule has 0 radical (unpaired) electrons. The third-order valence-electron chi connectivity index (χ3n) is 2.81. The van der Waals surface area contributed by atoms with Gasteiger partial charge >= 0.3 is 11.9 Å². The van der Waals surface area contributed by atoms with Gasteiger partial charge in [0.2, 0.25) is 0 Å². The monoisotopic (exact) mass is 245 g/mol. The zero-order chi connectivity index (χ0) is 12.7. The Kier molecular flexibility index (Phi) is 5.93.